The molecule has 18 heavy (non-hydrogen) atoms. The van der Waals surface area contributed by atoms with Crippen molar-refractivity contribution in [2.24, 2.45) is 0 Å². The Kier molecular flexibility index (Phi) is 13.2. The zero-order chi connectivity index (χ0) is 13.5. The van der Waals surface area contributed by atoms with Gasteiger partial charge in [-0.25, -0.2) is 4.79 Å². The molecule has 0 aliphatic carbocycles. The molecule has 0 aliphatic heterocycles. The van der Waals surface area contributed by atoms with Gasteiger partial charge < -0.3 is 4.74 Å². The molecule has 2 heteroatoms. The van der Waals surface area contributed by atoms with Gasteiger partial charge in [-0.3, -0.25) is 0 Å². The maximum Gasteiger partial charge on any atom is 0.330 e. The minimum absolute atomic E-state index is 0.266. The van der Waals surface area contributed by atoms with Crippen molar-refractivity contribution in [1.82, 2.24) is 0 Å². The summed E-state index contributed by atoms with van der Waals surface area (Å²) >= 11 is 0. The van der Waals surface area contributed by atoms with Crippen molar-refractivity contribution in [2.75, 3.05) is 6.61 Å². The lowest BCUT2D eigenvalue weighted by Crippen LogP contribution is -1.99. The Balaban J connectivity index is 3.21. The van der Waals surface area contributed by atoms with Gasteiger partial charge in [0, 0.05) is 6.08 Å². The van der Waals surface area contributed by atoms with Crippen molar-refractivity contribution in [3.8, 4) is 0 Å². The number of allylic oxidation sites excluding steroid dienone is 2. The molecule has 0 aromatic carbocycles. The monoisotopic (exact) mass is 252 g/mol. The first kappa shape index (κ1) is 16.9. The van der Waals surface area contributed by atoms with Crippen molar-refractivity contribution in [2.45, 2.75) is 65.2 Å². The molecule has 0 amide bonds. The predicted molar refractivity (Wildman–Crippen MR) is 77.5 cm³/mol. The highest BCUT2D eigenvalue weighted by Crippen LogP contribution is 2.08. The van der Waals surface area contributed by atoms with Crippen LogP contribution in [-0.4, -0.2) is 12.6 Å². The van der Waals surface area contributed by atoms with E-state index in [2.05, 4.69) is 13.0 Å². The van der Waals surface area contributed by atoms with Gasteiger partial charge in [0.1, 0.15) is 6.61 Å². The Morgan fingerprint density at radius 1 is 1.00 bits per heavy atom. The Morgan fingerprint density at radius 2 is 1.67 bits per heavy atom. The minimum Gasteiger partial charge on any atom is -0.458 e. The molecule has 0 aromatic rings. The van der Waals surface area contributed by atoms with Crippen LogP contribution in [0.2, 0.25) is 0 Å². The predicted octanol–water partition coefficient (Wildman–Crippen LogP) is 4.80. The van der Waals surface area contributed by atoms with Crippen LogP contribution >= 0.6 is 0 Å². The normalized spacial score (nSPS) is 11.4. The van der Waals surface area contributed by atoms with Crippen LogP contribution in [0.3, 0.4) is 0 Å². The summed E-state index contributed by atoms with van der Waals surface area (Å²) in [6.45, 7) is 4.44. The van der Waals surface area contributed by atoms with Crippen LogP contribution in [0.4, 0.5) is 0 Å². The Hall–Kier alpha value is -1.05. The summed E-state index contributed by atoms with van der Waals surface area (Å²) in [7, 11) is 0. The summed E-state index contributed by atoms with van der Waals surface area (Å²) in [4.78, 5) is 11.0. The van der Waals surface area contributed by atoms with Gasteiger partial charge in [0.15, 0.2) is 0 Å². The fraction of sp³-hybridized carbons (Fsp3) is 0.688. The molecule has 0 aromatic heterocycles. The molecule has 0 saturated heterocycles. The van der Waals surface area contributed by atoms with E-state index in [0.29, 0.717) is 6.61 Å². The van der Waals surface area contributed by atoms with E-state index in [4.69, 9.17) is 4.74 Å². The maximum atomic E-state index is 11.0. The first-order valence-corrected chi connectivity index (χ1v) is 7.25. The van der Waals surface area contributed by atoms with Gasteiger partial charge in [0.2, 0.25) is 0 Å². The van der Waals surface area contributed by atoms with Gasteiger partial charge in [0.25, 0.3) is 0 Å². The molecule has 0 rings (SSSR count). The molecule has 0 saturated carbocycles. The molecule has 0 heterocycles. The molecule has 0 aliphatic rings. The van der Waals surface area contributed by atoms with Crippen LogP contribution in [0.15, 0.2) is 24.3 Å². The van der Waals surface area contributed by atoms with E-state index in [0.717, 1.165) is 6.42 Å². The number of hydrogen-bond donors (Lipinski definition) is 0. The minimum atomic E-state index is -0.266. The maximum absolute atomic E-state index is 11.0. The number of rotatable bonds is 11. The largest absolute Gasteiger partial charge is 0.458 e. The highest BCUT2D eigenvalue weighted by Gasteiger charge is 1.92. The second kappa shape index (κ2) is 14.0. The van der Waals surface area contributed by atoms with Gasteiger partial charge in [0.05, 0.1) is 0 Å². The van der Waals surface area contributed by atoms with Crippen LogP contribution in [0.5, 0.6) is 0 Å². The van der Waals surface area contributed by atoms with E-state index in [9.17, 15) is 4.79 Å². The SMILES string of the molecule is C/C=C/C(=O)OC/C=C\CCCCCCCCC. The average Bonchev–Trinajstić information content (AvgIpc) is 2.36. The summed E-state index contributed by atoms with van der Waals surface area (Å²) in [6, 6.07) is 0. The number of esters is 1. The van der Waals surface area contributed by atoms with E-state index >= 15 is 0 Å². The molecule has 0 spiro atoms. The van der Waals surface area contributed by atoms with Gasteiger partial charge >= 0.3 is 5.97 Å². The van der Waals surface area contributed by atoms with Gasteiger partial charge in [-0.2, -0.15) is 0 Å². The second-order valence-corrected chi connectivity index (χ2v) is 4.51. The summed E-state index contributed by atoms with van der Waals surface area (Å²) in [6.07, 6.45) is 17.6. The summed E-state index contributed by atoms with van der Waals surface area (Å²) in [5.74, 6) is -0.266. The Morgan fingerprint density at radius 3 is 2.33 bits per heavy atom. The third kappa shape index (κ3) is 13.0. The second-order valence-electron chi connectivity index (χ2n) is 4.51. The van der Waals surface area contributed by atoms with Gasteiger partial charge in [-0.05, 0) is 19.8 Å². The standard InChI is InChI=1S/C16H28O2/c1-3-5-6-7-8-9-10-11-12-13-15-18-16(17)14-4-2/h4,12-14H,3,5-11,15H2,1-2H3/b13-12-,14-4+. The van der Waals surface area contributed by atoms with E-state index in [1.807, 2.05) is 6.08 Å². The molecule has 0 fully saturated rings. The number of hydrogen-bond acceptors (Lipinski definition) is 2. The van der Waals surface area contributed by atoms with Crippen molar-refractivity contribution < 1.29 is 9.53 Å². The van der Waals surface area contributed by atoms with Crippen molar-refractivity contribution in [1.29, 1.82) is 0 Å². The van der Waals surface area contributed by atoms with Crippen LogP contribution in [-0.2, 0) is 9.53 Å². The van der Waals surface area contributed by atoms with Gasteiger partial charge in [-0.15, -0.1) is 0 Å². The lowest BCUT2D eigenvalue weighted by atomic mass is 10.1. The highest BCUT2D eigenvalue weighted by molar-refractivity contribution is 5.81. The van der Waals surface area contributed by atoms with E-state index < -0.39 is 0 Å². The third-order valence-electron chi connectivity index (χ3n) is 2.77. The van der Waals surface area contributed by atoms with Crippen LogP contribution < -0.4 is 0 Å². The molecule has 104 valence electrons. The zero-order valence-electron chi connectivity index (χ0n) is 12.0. The lowest BCUT2D eigenvalue weighted by molar-refractivity contribution is -0.136. The highest BCUT2D eigenvalue weighted by atomic mass is 16.5. The number of carbonyl (C=O) groups is 1. The van der Waals surface area contributed by atoms with Crippen LogP contribution in [0, 0.1) is 0 Å². The number of carbonyl (C=O) groups excluding carboxylic acids is 1. The molecule has 0 atom stereocenters. The fourth-order valence-corrected chi connectivity index (χ4v) is 1.72. The van der Waals surface area contributed by atoms with E-state index in [-0.39, 0.29) is 5.97 Å². The fourth-order valence-electron chi connectivity index (χ4n) is 1.72. The van der Waals surface area contributed by atoms with E-state index in [1.165, 1.54) is 51.0 Å². The van der Waals surface area contributed by atoms with Crippen molar-refractivity contribution in [3.05, 3.63) is 24.3 Å². The zero-order valence-corrected chi connectivity index (χ0v) is 12.0. The first-order valence-electron chi connectivity index (χ1n) is 7.25. The molecular weight excluding hydrogens is 224 g/mol. The molecule has 0 radical (unpaired) electrons. The molecular formula is C16H28O2. The first-order chi connectivity index (χ1) is 8.81. The Labute approximate surface area is 112 Å². The topological polar surface area (TPSA) is 26.3 Å². The van der Waals surface area contributed by atoms with Crippen LogP contribution in [0.1, 0.15) is 65.2 Å². The van der Waals surface area contributed by atoms with Crippen molar-refractivity contribution >= 4 is 5.97 Å². The summed E-state index contributed by atoms with van der Waals surface area (Å²) < 4.78 is 4.94. The Bertz CT molecular complexity index is 241. The lowest BCUT2D eigenvalue weighted by Gasteiger charge is -1.99. The molecule has 0 N–H and O–H groups in total. The molecule has 0 bridgehead atoms. The van der Waals surface area contributed by atoms with Crippen molar-refractivity contribution in [3.63, 3.8) is 0 Å². The third-order valence-corrected chi connectivity index (χ3v) is 2.77. The summed E-state index contributed by atoms with van der Waals surface area (Å²) in [5.41, 5.74) is 0. The smallest absolute Gasteiger partial charge is 0.330 e. The number of ether oxygens (including phenoxy) is 1. The van der Waals surface area contributed by atoms with Crippen LogP contribution in [0.25, 0.3) is 0 Å². The van der Waals surface area contributed by atoms with Gasteiger partial charge in [-0.1, -0.05) is 63.7 Å². The average molecular weight is 252 g/mol. The summed E-state index contributed by atoms with van der Waals surface area (Å²) in [5, 5.41) is 0. The van der Waals surface area contributed by atoms with E-state index in [1.54, 1.807) is 13.0 Å². The number of unbranched alkanes of at least 4 members (excludes halogenated alkanes) is 7. The molecule has 0 unspecified atom stereocenters. The quantitative estimate of drug-likeness (QED) is 0.228. The molecule has 2 nitrogen and oxygen atoms in total.